The lowest BCUT2D eigenvalue weighted by molar-refractivity contribution is -0.122. The number of benzene rings is 2. The van der Waals surface area contributed by atoms with E-state index in [9.17, 15) is 18.0 Å². The average molecular weight is 495 g/mol. The van der Waals surface area contributed by atoms with E-state index in [0.717, 1.165) is 41.7 Å². The van der Waals surface area contributed by atoms with Gasteiger partial charge in [-0.2, -0.15) is 4.31 Å². The van der Waals surface area contributed by atoms with Crippen molar-refractivity contribution in [3.63, 3.8) is 0 Å². The second kappa shape index (κ2) is 10.1. The molecule has 1 heterocycles. The van der Waals surface area contributed by atoms with Crippen molar-refractivity contribution in [2.24, 2.45) is 0 Å². The Kier molecular flexibility index (Phi) is 7.29. The Morgan fingerprint density at radius 2 is 1.63 bits per heavy atom. The van der Waals surface area contributed by atoms with Crippen LogP contribution in [0.5, 0.6) is 0 Å². The first-order chi connectivity index (χ1) is 16.6. The van der Waals surface area contributed by atoms with Gasteiger partial charge in [-0.15, -0.1) is 0 Å². The number of rotatable bonds is 7. The summed E-state index contributed by atoms with van der Waals surface area (Å²) in [6.45, 7) is 7.61. The molecule has 0 saturated carbocycles. The van der Waals surface area contributed by atoms with E-state index in [1.54, 1.807) is 24.3 Å². The Hall–Kier alpha value is -2.77. The fourth-order valence-electron chi connectivity index (χ4n) is 5.20. The summed E-state index contributed by atoms with van der Waals surface area (Å²) in [5, 5.41) is 0. The molecule has 1 fully saturated rings. The molecule has 0 aromatic heterocycles. The molecule has 0 spiro atoms. The van der Waals surface area contributed by atoms with Crippen LogP contribution in [0.3, 0.4) is 0 Å². The molecule has 0 bridgehead atoms. The molecule has 1 aliphatic carbocycles. The smallest absolute Gasteiger partial charge is 0.252 e. The van der Waals surface area contributed by atoms with Crippen LogP contribution in [0.1, 0.15) is 60.8 Å². The number of hydrogen-bond donors (Lipinski definition) is 0. The molecule has 4 rings (SSSR count). The molecular weight excluding hydrogens is 460 g/mol. The van der Waals surface area contributed by atoms with Crippen molar-refractivity contribution < 1.29 is 18.0 Å². The molecule has 1 saturated heterocycles. The first kappa shape index (κ1) is 25.3. The summed E-state index contributed by atoms with van der Waals surface area (Å²) < 4.78 is 29.8. The largest absolute Gasteiger partial charge is 0.274 e. The lowest BCUT2D eigenvalue weighted by Gasteiger charge is -2.29. The number of sulfonamides is 1. The number of nitrogens with zero attached hydrogens (tertiary/aromatic N) is 2. The second-order valence-corrected chi connectivity index (χ2v) is 11.5. The Morgan fingerprint density at radius 3 is 2.23 bits per heavy atom. The van der Waals surface area contributed by atoms with Crippen molar-refractivity contribution in [2.45, 2.75) is 77.2 Å². The van der Waals surface area contributed by atoms with E-state index in [1.165, 1.54) is 9.88 Å². The molecule has 35 heavy (non-hydrogen) atoms. The molecule has 7 heteroatoms. The third-order valence-corrected chi connectivity index (χ3v) is 9.57. The van der Waals surface area contributed by atoms with Crippen LogP contribution in [0.4, 0.5) is 5.69 Å². The lowest BCUT2D eigenvalue weighted by atomic mass is 9.97. The van der Waals surface area contributed by atoms with Gasteiger partial charge in [-0.3, -0.25) is 9.59 Å². The lowest BCUT2D eigenvalue weighted by Crippen LogP contribution is -2.46. The number of hydrogen-bond acceptors (Lipinski definition) is 4. The molecule has 2 amide bonds. The normalized spacial score (nSPS) is 18.9. The molecular formula is C28H34N2O4S. The number of para-hydroxylation sites is 1. The van der Waals surface area contributed by atoms with E-state index < -0.39 is 22.0 Å². The monoisotopic (exact) mass is 494 g/mol. The number of anilines is 1. The summed E-state index contributed by atoms with van der Waals surface area (Å²) in [4.78, 5) is 27.9. The standard InChI is InChI=1S/C28H34N2O4S/c1-19-17-20(2)22(4)27(21(19)3)35(33,34)29(16-15-23-11-7-5-8-12-23)25-18-26(31)30(28(25)32)24-13-9-6-10-14-24/h6,9-11,13-14,17,25H,5,7-8,12,15-16,18H2,1-4H3. The van der Waals surface area contributed by atoms with E-state index in [2.05, 4.69) is 6.08 Å². The fraction of sp³-hybridized carbons (Fsp3) is 0.429. The maximum absolute atomic E-state index is 14.3. The molecule has 0 radical (unpaired) electrons. The highest BCUT2D eigenvalue weighted by atomic mass is 32.2. The minimum Gasteiger partial charge on any atom is -0.274 e. The van der Waals surface area contributed by atoms with Gasteiger partial charge in [0.2, 0.25) is 15.9 Å². The summed E-state index contributed by atoms with van der Waals surface area (Å²) in [5.41, 5.74) is 4.85. The van der Waals surface area contributed by atoms with Gasteiger partial charge in [0.05, 0.1) is 17.0 Å². The van der Waals surface area contributed by atoms with Gasteiger partial charge in [0.25, 0.3) is 5.91 Å². The van der Waals surface area contributed by atoms with Gasteiger partial charge < -0.3 is 0 Å². The van der Waals surface area contributed by atoms with Gasteiger partial charge in [-0.25, -0.2) is 13.3 Å². The quantitative estimate of drug-likeness (QED) is 0.395. The van der Waals surface area contributed by atoms with E-state index in [0.29, 0.717) is 23.2 Å². The highest BCUT2D eigenvalue weighted by Crippen LogP contribution is 2.34. The van der Waals surface area contributed by atoms with E-state index in [-0.39, 0.29) is 23.8 Å². The summed E-state index contributed by atoms with van der Waals surface area (Å²) in [7, 11) is -4.05. The van der Waals surface area contributed by atoms with Crippen LogP contribution < -0.4 is 4.90 Å². The van der Waals surface area contributed by atoms with E-state index in [4.69, 9.17) is 0 Å². The van der Waals surface area contributed by atoms with Crippen LogP contribution in [-0.4, -0.2) is 37.1 Å². The zero-order valence-electron chi connectivity index (χ0n) is 21.0. The Labute approximate surface area is 208 Å². The van der Waals surface area contributed by atoms with Crippen molar-refractivity contribution in [3.05, 3.63) is 70.3 Å². The average Bonchev–Trinajstić information content (AvgIpc) is 3.12. The van der Waals surface area contributed by atoms with Crippen molar-refractivity contribution >= 4 is 27.5 Å². The number of carbonyl (C=O) groups is 2. The Morgan fingerprint density at radius 1 is 0.971 bits per heavy atom. The maximum Gasteiger partial charge on any atom is 0.252 e. The first-order valence-electron chi connectivity index (χ1n) is 12.3. The van der Waals surface area contributed by atoms with Gasteiger partial charge in [0, 0.05) is 6.54 Å². The first-order valence-corrected chi connectivity index (χ1v) is 13.8. The minimum atomic E-state index is -4.05. The van der Waals surface area contributed by atoms with Crippen LogP contribution >= 0.6 is 0 Å². The molecule has 1 atom stereocenters. The third kappa shape index (κ3) is 4.84. The molecule has 2 aromatic rings. The molecule has 1 aliphatic heterocycles. The molecule has 2 aliphatic rings. The highest BCUT2D eigenvalue weighted by molar-refractivity contribution is 7.89. The molecule has 2 aromatic carbocycles. The van der Waals surface area contributed by atoms with Crippen molar-refractivity contribution in [1.29, 1.82) is 0 Å². The summed E-state index contributed by atoms with van der Waals surface area (Å²) >= 11 is 0. The van der Waals surface area contributed by atoms with Crippen LogP contribution in [0.2, 0.25) is 0 Å². The molecule has 186 valence electrons. The number of amides is 2. The summed E-state index contributed by atoms with van der Waals surface area (Å²) in [6, 6.07) is 9.65. The van der Waals surface area contributed by atoms with Crippen molar-refractivity contribution in [3.8, 4) is 0 Å². The topological polar surface area (TPSA) is 74.8 Å². The van der Waals surface area contributed by atoms with Crippen molar-refractivity contribution in [1.82, 2.24) is 4.31 Å². The van der Waals surface area contributed by atoms with Crippen LogP contribution in [0.15, 0.2) is 52.9 Å². The van der Waals surface area contributed by atoms with Crippen LogP contribution in [0, 0.1) is 27.7 Å². The molecule has 0 N–H and O–H groups in total. The van der Waals surface area contributed by atoms with E-state index in [1.807, 2.05) is 39.8 Å². The van der Waals surface area contributed by atoms with Gasteiger partial charge in [0.1, 0.15) is 6.04 Å². The van der Waals surface area contributed by atoms with Crippen molar-refractivity contribution in [2.75, 3.05) is 11.4 Å². The predicted molar refractivity (Wildman–Crippen MR) is 138 cm³/mol. The number of aryl methyl sites for hydroxylation is 2. The Bertz CT molecular complexity index is 1260. The molecule has 1 unspecified atom stereocenters. The van der Waals surface area contributed by atoms with E-state index >= 15 is 0 Å². The second-order valence-electron chi connectivity index (χ2n) is 9.69. The zero-order valence-corrected chi connectivity index (χ0v) is 21.8. The number of allylic oxidation sites excluding steroid dienone is 1. The number of carbonyl (C=O) groups excluding carboxylic acids is 2. The highest BCUT2D eigenvalue weighted by Gasteiger charge is 2.47. The van der Waals surface area contributed by atoms with Crippen LogP contribution in [0.25, 0.3) is 0 Å². The Balaban J connectivity index is 1.77. The summed E-state index contributed by atoms with van der Waals surface area (Å²) in [5.74, 6) is -0.862. The van der Waals surface area contributed by atoms with Gasteiger partial charge in [-0.05, 0) is 94.2 Å². The summed E-state index contributed by atoms with van der Waals surface area (Å²) in [6.07, 6.45) is 6.79. The van der Waals surface area contributed by atoms with Gasteiger partial charge >= 0.3 is 0 Å². The van der Waals surface area contributed by atoms with Gasteiger partial charge in [0.15, 0.2) is 0 Å². The fourth-order valence-corrected chi connectivity index (χ4v) is 7.36. The molecule has 6 nitrogen and oxygen atoms in total. The predicted octanol–water partition coefficient (Wildman–Crippen LogP) is 5.13. The SMILES string of the molecule is Cc1cc(C)c(C)c(S(=O)(=O)N(CCC2=CCCCC2)C2CC(=O)N(c3ccccc3)C2=O)c1C. The number of imide groups is 1. The minimum absolute atomic E-state index is 0.158. The van der Waals surface area contributed by atoms with Gasteiger partial charge in [-0.1, -0.05) is 35.9 Å². The maximum atomic E-state index is 14.3. The van der Waals surface area contributed by atoms with Crippen LogP contribution in [-0.2, 0) is 19.6 Å². The zero-order chi connectivity index (χ0) is 25.3. The third-order valence-electron chi connectivity index (χ3n) is 7.39.